The van der Waals surface area contributed by atoms with Crippen molar-refractivity contribution in [3.8, 4) is 0 Å². The highest BCUT2D eigenvalue weighted by Gasteiger charge is 2.34. The number of hydrogen-bond donors (Lipinski definition) is 0. The quantitative estimate of drug-likeness (QED) is 0.728. The minimum absolute atomic E-state index is 0.138. The first-order valence-corrected chi connectivity index (χ1v) is 8.62. The second-order valence-corrected chi connectivity index (χ2v) is 8.03. The van der Waals surface area contributed by atoms with Gasteiger partial charge in [0.05, 0.1) is 4.91 Å². The van der Waals surface area contributed by atoms with Gasteiger partial charge in [0, 0.05) is 25.3 Å². The lowest BCUT2D eigenvalue weighted by Gasteiger charge is -2.45. The van der Waals surface area contributed by atoms with E-state index in [0.717, 1.165) is 28.6 Å². The van der Waals surface area contributed by atoms with Crippen molar-refractivity contribution in [3.05, 3.63) is 34.2 Å². The van der Waals surface area contributed by atoms with Gasteiger partial charge >= 0.3 is 0 Å². The SMILES string of the molecule is CC1CC(C)(C)N(C)c2ccc(/C=C3/SC(=O)N(C)C3=O)cc21. The average molecular weight is 330 g/mol. The van der Waals surface area contributed by atoms with Gasteiger partial charge in [-0.25, -0.2) is 0 Å². The second-order valence-electron chi connectivity index (χ2n) is 7.04. The van der Waals surface area contributed by atoms with E-state index in [4.69, 9.17) is 0 Å². The van der Waals surface area contributed by atoms with Crippen LogP contribution in [-0.4, -0.2) is 35.7 Å². The number of carbonyl (C=O) groups is 2. The molecule has 1 atom stereocenters. The maximum absolute atomic E-state index is 12.0. The molecule has 1 fully saturated rings. The molecule has 0 radical (unpaired) electrons. The lowest BCUT2D eigenvalue weighted by Crippen LogP contribution is -2.45. The van der Waals surface area contributed by atoms with Crippen molar-refractivity contribution in [3.63, 3.8) is 0 Å². The predicted octanol–water partition coefficient (Wildman–Crippen LogP) is 4.07. The number of hydrogen-bond acceptors (Lipinski definition) is 4. The Labute approximate surface area is 141 Å². The summed E-state index contributed by atoms with van der Waals surface area (Å²) >= 11 is 1.00. The lowest BCUT2D eigenvalue weighted by atomic mass is 9.80. The lowest BCUT2D eigenvalue weighted by molar-refractivity contribution is -0.121. The molecule has 3 rings (SSSR count). The van der Waals surface area contributed by atoms with Crippen LogP contribution >= 0.6 is 11.8 Å². The summed E-state index contributed by atoms with van der Waals surface area (Å²) < 4.78 is 0. The highest BCUT2D eigenvalue weighted by atomic mass is 32.2. The maximum atomic E-state index is 12.0. The zero-order chi connectivity index (χ0) is 16.9. The van der Waals surface area contributed by atoms with E-state index in [2.05, 4.69) is 44.9 Å². The highest BCUT2D eigenvalue weighted by Crippen LogP contribution is 2.43. The maximum Gasteiger partial charge on any atom is 0.293 e. The van der Waals surface area contributed by atoms with Crippen LogP contribution < -0.4 is 4.90 Å². The molecule has 4 nitrogen and oxygen atoms in total. The second kappa shape index (κ2) is 5.41. The molecule has 0 bridgehead atoms. The van der Waals surface area contributed by atoms with E-state index in [1.165, 1.54) is 18.3 Å². The molecule has 1 unspecified atom stereocenters. The molecule has 0 spiro atoms. The number of amides is 2. The number of thioether (sulfide) groups is 1. The third-order valence-corrected chi connectivity index (χ3v) is 5.90. The summed E-state index contributed by atoms with van der Waals surface area (Å²) in [4.78, 5) is 27.6. The van der Waals surface area contributed by atoms with Gasteiger partial charge in [-0.3, -0.25) is 14.5 Å². The van der Waals surface area contributed by atoms with Crippen LogP contribution in [-0.2, 0) is 4.79 Å². The summed E-state index contributed by atoms with van der Waals surface area (Å²) in [5.41, 5.74) is 3.66. The number of anilines is 1. The predicted molar refractivity (Wildman–Crippen MR) is 95.7 cm³/mol. The molecule has 23 heavy (non-hydrogen) atoms. The number of likely N-dealkylation sites (N-methyl/N-ethyl adjacent to an activating group) is 1. The van der Waals surface area contributed by atoms with Gasteiger partial charge in [0.1, 0.15) is 0 Å². The molecule has 0 saturated carbocycles. The first-order valence-electron chi connectivity index (χ1n) is 7.80. The van der Waals surface area contributed by atoms with Gasteiger partial charge in [-0.05, 0) is 67.3 Å². The fraction of sp³-hybridized carbons (Fsp3) is 0.444. The Kier molecular flexibility index (Phi) is 3.79. The van der Waals surface area contributed by atoms with Crippen LogP contribution in [0.3, 0.4) is 0 Å². The van der Waals surface area contributed by atoms with E-state index < -0.39 is 0 Å². The first kappa shape index (κ1) is 16.1. The van der Waals surface area contributed by atoms with Gasteiger partial charge in [-0.1, -0.05) is 13.0 Å². The molecule has 0 aliphatic carbocycles. The summed E-state index contributed by atoms with van der Waals surface area (Å²) in [6.45, 7) is 6.77. The number of imide groups is 1. The van der Waals surface area contributed by atoms with Crippen molar-refractivity contribution in [2.75, 3.05) is 19.0 Å². The Hall–Kier alpha value is -1.75. The molecule has 2 aliphatic rings. The van der Waals surface area contributed by atoms with Gasteiger partial charge < -0.3 is 4.90 Å². The average Bonchev–Trinajstić information content (AvgIpc) is 2.72. The molecular formula is C18H22N2O2S. The Morgan fingerprint density at radius 3 is 2.57 bits per heavy atom. The fourth-order valence-electron chi connectivity index (χ4n) is 3.38. The normalized spacial score (nSPS) is 25.3. The van der Waals surface area contributed by atoms with Crippen LogP contribution in [0, 0.1) is 0 Å². The van der Waals surface area contributed by atoms with Crippen molar-refractivity contribution in [1.82, 2.24) is 4.90 Å². The van der Waals surface area contributed by atoms with Crippen LogP contribution in [0.4, 0.5) is 10.5 Å². The Bertz CT molecular complexity index is 724. The van der Waals surface area contributed by atoms with Crippen molar-refractivity contribution in [2.24, 2.45) is 0 Å². The highest BCUT2D eigenvalue weighted by molar-refractivity contribution is 8.18. The standard InChI is InChI=1S/C18H22N2O2S/c1-11-10-18(2,3)20(5)14-7-6-12(8-13(11)14)9-15-16(21)19(4)17(22)23-15/h6-9,11H,10H2,1-5H3/b15-9+. The molecule has 2 aliphatic heterocycles. The monoisotopic (exact) mass is 330 g/mol. The Morgan fingerprint density at radius 2 is 1.96 bits per heavy atom. The molecule has 2 heterocycles. The van der Waals surface area contributed by atoms with Gasteiger partial charge in [0.15, 0.2) is 0 Å². The number of fused-ring (bicyclic) bond motifs is 1. The number of carbonyl (C=O) groups excluding carboxylic acids is 2. The van der Waals surface area contributed by atoms with Gasteiger partial charge in [0.25, 0.3) is 11.1 Å². The Morgan fingerprint density at radius 1 is 1.26 bits per heavy atom. The summed E-state index contributed by atoms with van der Waals surface area (Å²) in [5.74, 6) is 0.245. The van der Waals surface area contributed by atoms with Crippen LogP contribution in [0.5, 0.6) is 0 Å². The summed E-state index contributed by atoms with van der Waals surface area (Å²) in [5, 5.41) is -0.214. The molecule has 2 amide bonds. The largest absolute Gasteiger partial charge is 0.369 e. The molecule has 5 heteroatoms. The zero-order valence-electron chi connectivity index (χ0n) is 14.2. The first-order chi connectivity index (χ1) is 10.7. The summed E-state index contributed by atoms with van der Waals surface area (Å²) in [6.07, 6.45) is 2.91. The smallest absolute Gasteiger partial charge is 0.293 e. The number of nitrogens with zero attached hydrogens (tertiary/aromatic N) is 2. The molecular weight excluding hydrogens is 308 g/mol. The minimum atomic E-state index is -0.218. The summed E-state index contributed by atoms with van der Waals surface area (Å²) in [7, 11) is 3.65. The molecule has 0 aromatic heterocycles. The number of rotatable bonds is 1. The molecule has 0 N–H and O–H groups in total. The summed E-state index contributed by atoms with van der Waals surface area (Å²) in [6, 6.07) is 6.29. The molecule has 1 saturated heterocycles. The van der Waals surface area contributed by atoms with E-state index in [0.29, 0.717) is 10.8 Å². The van der Waals surface area contributed by atoms with E-state index in [9.17, 15) is 9.59 Å². The van der Waals surface area contributed by atoms with Gasteiger partial charge in [0.2, 0.25) is 0 Å². The minimum Gasteiger partial charge on any atom is -0.369 e. The zero-order valence-corrected chi connectivity index (χ0v) is 15.0. The third-order valence-electron chi connectivity index (χ3n) is 4.94. The van der Waals surface area contributed by atoms with E-state index in [-0.39, 0.29) is 16.7 Å². The van der Waals surface area contributed by atoms with Crippen molar-refractivity contribution in [2.45, 2.75) is 38.6 Å². The van der Waals surface area contributed by atoms with E-state index in [1.54, 1.807) is 0 Å². The fourth-order valence-corrected chi connectivity index (χ4v) is 4.21. The molecule has 1 aromatic rings. The molecule has 1 aromatic carbocycles. The molecule has 122 valence electrons. The third kappa shape index (κ3) is 2.67. The van der Waals surface area contributed by atoms with Crippen LogP contribution in [0.2, 0.25) is 0 Å². The van der Waals surface area contributed by atoms with Gasteiger partial charge in [-0.2, -0.15) is 0 Å². The Balaban J connectivity index is 1.98. The van der Waals surface area contributed by atoms with Crippen LogP contribution in [0.25, 0.3) is 6.08 Å². The van der Waals surface area contributed by atoms with Crippen molar-refractivity contribution < 1.29 is 9.59 Å². The van der Waals surface area contributed by atoms with Crippen molar-refractivity contribution in [1.29, 1.82) is 0 Å². The van der Waals surface area contributed by atoms with Crippen molar-refractivity contribution >= 4 is 34.7 Å². The van der Waals surface area contributed by atoms with Crippen LogP contribution in [0.15, 0.2) is 23.1 Å². The van der Waals surface area contributed by atoms with E-state index in [1.807, 2.05) is 12.1 Å². The van der Waals surface area contributed by atoms with E-state index >= 15 is 0 Å². The van der Waals surface area contributed by atoms with Crippen LogP contribution in [0.1, 0.15) is 44.2 Å². The van der Waals surface area contributed by atoms with Gasteiger partial charge in [-0.15, -0.1) is 0 Å². The topological polar surface area (TPSA) is 40.6 Å². The number of benzene rings is 1.